The molecule has 1 aromatic carbocycles. The molecule has 0 aliphatic heterocycles. The zero-order chi connectivity index (χ0) is 18.4. The van der Waals surface area contributed by atoms with Crippen LogP contribution >= 0.6 is 15.9 Å². The topological polar surface area (TPSA) is 122 Å². The molecule has 0 unspecified atom stereocenters. The molecule has 1 aromatic heterocycles. The summed E-state index contributed by atoms with van der Waals surface area (Å²) in [5, 5.41) is 11.2. The van der Waals surface area contributed by atoms with E-state index >= 15 is 0 Å². The molecule has 0 bridgehead atoms. The van der Waals surface area contributed by atoms with E-state index in [0.717, 1.165) is 0 Å². The molecule has 2 rings (SSSR count). The van der Waals surface area contributed by atoms with Crippen molar-refractivity contribution in [3.05, 3.63) is 58.3 Å². The highest BCUT2D eigenvalue weighted by Gasteiger charge is 2.20. The molecule has 0 aliphatic rings. The van der Waals surface area contributed by atoms with Gasteiger partial charge < -0.3 is 16.2 Å². The van der Waals surface area contributed by atoms with Crippen LogP contribution in [0.15, 0.2) is 47.1 Å². The number of rotatable bonds is 7. The molecule has 4 N–H and O–H groups in total. The number of carboxylic acid groups (broad SMARTS) is 1. The summed E-state index contributed by atoms with van der Waals surface area (Å²) in [5.74, 6) is -1.94. The zero-order valence-electron chi connectivity index (χ0n) is 13.1. The van der Waals surface area contributed by atoms with Crippen LogP contribution in [0.3, 0.4) is 0 Å². The SMILES string of the molecule is N[C@@H](CCC(=O)O)C(=O)Nc1ccc(Br)cc1C(=O)c1ccccn1. The highest BCUT2D eigenvalue weighted by atomic mass is 79.9. The minimum atomic E-state index is -1.03. The van der Waals surface area contributed by atoms with Crippen LogP contribution in [-0.2, 0) is 9.59 Å². The zero-order valence-corrected chi connectivity index (χ0v) is 14.7. The summed E-state index contributed by atoms with van der Waals surface area (Å²) in [7, 11) is 0. The molecule has 1 amide bonds. The smallest absolute Gasteiger partial charge is 0.303 e. The molecule has 0 fully saturated rings. The van der Waals surface area contributed by atoms with Crippen LogP contribution in [0.4, 0.5) is 5.69 Å². The average Bonchev–Trinajstić information content (AvgIpc) is 2.61. The standard InChI is InChI=1S/C17H16BrN3O4/c18-10-4-6-13(21-17(25)12(19)5-7-15(22)23)11(9-10)16(24)14-3-1-2-8-20-14/h1-4,6,8-9,12H,5,7,19H2,(H,21,25)(H,22,23)/t12-/m0/s1. The van der Waals surface area contributed by atoms with Gasteiger partial charge in [-0.2, -0.15) is 0 Å². The number of nitrogens with zero attached hydrogens (tertiary/aromatic N) is 1. The van der Waals surface area contributed by atoms with Crippen LogP contribution in [-0.4, -0.2) is 33.8 Å². The van der Waals surface area contributed by atoms with Gasteiger partial charge in [-0.3, -0.25) is 19.4 Å². The van der Waals surface area contributed by atoms with Crippen molar-refractivity contribution in [2.75, 3.05) is 5.32 Å². The first kappa shape index (κ1) is 18.8. The second-order valence-corrected chi connectivity index (χ2v) is 6.18. The van der Waals surface area contributed by atoms with E-state index in [1.807, 2.05) is 0 Å². The van der Waals surface area contributed by atoms with Crippen molar-refractivity contribution in [3.8, 4) is 0 Å². The number of nitrogens with one attached hydrogen (secondary N) is 1. The molecule has 1 atom stereocenters. The normalized spacial score (nSPS) is 11.6. The molecule has 0 saturated carbocycles. The Kier molecular flexibility index (Phi) is 6.37. The number of ketones is 1. The van der Waals surface area contributed by atoms with Crippen molar-refractivity contribution < 1.29 is 19.5 Å². The number of hydrogen-bond acceptors (Lipinski definition) is 5. The van der Waals surface area contributed by atoms with E-state index in [1.54, 1.807) is 36.4 Å². The number of pyridine rings is 1. The molecule has 130 valence electrons. The fraction of sp³-hybridized carbons (Fsp3) is 0.176. The molecule has 0 spiro atoms. The van der Waals surface area contributed by atoms with Crippen LogP contribution in [0.25, 0.3) is 0 Å². The second-order valence-electron chi connectivity index (χ2n) is 5.26. The number of nitrogens with two attached hydrogens (primary N) is 1. The van der Waals surface area contributed by atoms with Gasteiger partial charge in [-0.15, -0.1) is 0 Å². The number of hydrogen-bond donors (Lipinski definition) is 3. The Morgan fingerprint density at radius 1 is 1.24 bits per heavy atom. The van der Waals surface area contributed by atoms with E-state index in [0.29, 0.717) is 4.47 Å². The predicted octanol–water partition coefficient (Wildman–Crippen LogP) is 2.21. The molecule has 0 aliphatic carbocycles. The number of carbonyl (C=O) groups excluding carboxylic acids is 2. The van der Waals surface area contributed by atoms with E-state index < -0.39 is 17.9 Å². The van der Waals surface area contributed by atoms with E-state index in [-0.39, 0.29) is 35.6 Å². The Hall–Kier alpha value is -2.58. The fourth-order valence-corrected chi connectivity index (χ4v) is 2.44. The van der Waals surface area contributed by atoms with Gasteiger partial charge in [0.05, 0.1) is 11.7 Å². The molecule has 25 heavy (non-hydrogen) atoms. The minimum Gasteiger partial charge on any atom is -0.481 e. The van der Waals surface area contributed by atoms with Crippen molar-refractivity contribution in [1.29, 1.82) is 0 Å². The van der Waals surface area contributed by atoms with Crippen LogP contribution in [0.2, 0.25) is 0 Å². The number of benzene rings is 1. The van der Waals surface area contributed by atoms with Gasteiger partial charge in [0.1, 0.15) is 5.69 Å². The molecule has 2 aromatic rings. The average molecular weight is 406 g/mol. The van der Waals surface area contributed by atoms with Gasteiger partial charge in [0, 0.05) is 22.7 Å². The van der Waals surface area contributed by atoms with Crippen LogP contribution in [0.1, 0.15) is 28.9 Å². The minimum absolute atomic E-state index is 0.00121. The van der Waals surface area contributed by atoms with Crippen molar-refractivity contribution in [2.45, 2.75) is 18.9 Å². The van der Waals surface area contributed by atoms with Crippen LogP contribution < -0.4 is 11.1 Å². The Balaban J connectivity index is 2.22. The monoisotopic (exact) mass is 405 g/mol. The maximum absolute atomic E-state index is 12.6. The number of anilines is 1. The Labute approximate surface area is 152 Å². The Morgan fingerprint density at radius 3 is 2.64 bits per heavy atom. The van der Waals surface area contributed by atoms with Gasteiger partial charge >= 0.3 is 5.97 Å². The van der Waals surface area contributed by atoms with E-state index in [2.05, 4.69) is 26.2 Å². The Bertz CT molecular complexity index is 796. The third kappa shape index (κ3) is 5.20. The maximum Gasteiger partial charge on any atom is 0.303 e. The van der Waals surface area contributed by atoms with Crippen LogP contribution in [0.5, 0.6) is 0 Å². The number of aromatic nitrogens is 1. The summed E-state index contributed by atoms with van der Waals surface area (Å²) in [5.41, 5.74) is 6.48. The largest absolute Gasteiger partial charge is 0.481 e. The lowest BCUT2D eigenvalue weighted by Gasteiger charge is -2.14. The quantitative estimate of drug-likeness (QED) is 0.606. The van der Waals surface area contributed by atoms with E-state index in [1.165, 1.54) is 6.20 Å². The summed E-state index contributed by atoms with van der Waals surface area (Å²) < 4.78 is 0.667. The van der Waals surface area contributed by atoms with Crippen molar-refractivity contribution in [3.63, 3.8) is 0 Å². The van der Waals surface area contributed by atoms with Gasteiger partial charge in [-0.1, -0.05) is 22.0 Å². The van der Waals surface area contributed by atoms with E-state index in [4.69, 9.17) is 10.8 Å². The highest BCUT2D eigenvalue weighted by Crippen LogP contribution is 2.23. The number of halogens is 1. The third-order valence-corrected chi connectivity index (χ3v) is 3.88. The van der Waals surface area contributed by atoms with Crippen LogP contribution in [0, 0.1) is 0 Å². The lowest BCUT2D eigenvalue weighted by atomic mass is 10.0. The number of amides is 1. The second kappa shape index (κ2) is 8.50. The summed E-state index contributed by atoms with van der Waals surface area (Å²) in [4.78, 5) is 39.4. The predicted molar refractivity (Wildman–Crippen MR) is 95.3 cm³/mol. The molecule has 8 heteroatoms. The van der Waals surface area contributed by atoms with Gasteiger partial charge in [0.15, 0.2) is 0 Å². The van der Waals surface area contributed by atoms with Gasteiger partial charge in [-0.05, 0) is 36.8 Å². The molecular formula is C17H16BrN3O4. The first-order valence-corrected chi connectivity index (χ1v) is 8.21. The van der Waals surface area contributed by atoms with Crippen molar-refractivity contribution in [1.82, 2.24) is 4.98 Å². The fourth-order valence-electron chi connectivity index (χ4n) is 2.08. The van der Waals surface area contributed by atoms with Crippen molar-refractivity contribution >= 4 is 39.3 Å². The van der Waals surface area contributed by atoms with Gasteiger partial charge in [-0.25, -0.2) is 0 Å². The third-order valence-electron chi connectivity index (χ3n) is 3.39. The molecule has 1 heterocycles. The molecule has 0 saturated heterocycles. The summed E-state index contributed by atoms with van der Waals surface area (Å²) in [6.07, 6.45) is 1.29. The molecule has 0 radical (unpaired) electrons. The molecular weight excluding hydrogens is 390 g/mol. The first-order valence-electron chi connectivity index (χ1n) is 7.42. The maximum atomic E-state index is 12.6. The summed E-state index contributed by atoms with van der Waals surface area (Å²) >= 11 is 3.30. The number of carbonyl (C=O) groups is 3. The highest BCUT2D eigenvalue weighted by molar-refractivity contribution is 9.10. The first-order chi connectivity index (χ1) is 11.9. The van der Waals surface area contributed by atoms with Gasteiger partial charge in [0.25, 0.3) is 0 Å². The lowest BCUT2D eigenvalue weighted by Crippen LogP contribution is -2.36. The molecule has 7 nitrogen and oxygen atoms in total. The number of carboxylic acids is 1. The van der Waals surface area contributed by atoms with Gasteiger partial charge in [0.2, 0.25) is 11.7 Å². The van der Waals surface area contributed by atoms with E-state index in [9.17, 15) is 14.4 Å². The van der Waals surface area contributed by atoms with Crippen molar-refractivity contribution in [2.24, 2.45) is 5.73 Å². The Morgan fingerprint density at radius 2 is 2.00 bits per heavy atom. The summed E-state index contributed by atoms with van der Waals surface area (Å²) in [6.45, 7) is 0. The summed E-state index contributed by atoms with van der Waals surface area (Å²) in [6, 6.07) is 8.80. The number of aliphatic carboxylic acids is 1. The lowest BCUT2D eigenvalue weighted by molar-refractivity contribution is -0.137.